The largest absolute Gasteiger partial charge is 0.495 e. The highest BCUT2D eigenvalue weighted by Crippen LogP contribution is 2.28. The molecule has 0 heterocycles. The maximum atomic E-state index is 12.0. The van der Waals surface area contributed by atoms with Crippen molar-refractivity contribution in [1.82, 2.24) is 0 Å². The number of benzene rings is 1. The molecule has 1 amide bonds. The molecule has 0 aliphatic heterocycles. The molecule has 0 unspecified atom stereocenters. The van der Waals surface area contributed by atoms with Crippen LogP contribution in [0.25, 0.3) is 0 Å². The minimum Gasteiger partial charge on any atom is -0.495 e. The lowest BCUT2D eigenvalue weighted by molar-refractivity contribution is -0.116. The van der Waals surface area contributed by atoms with Gasteiger partial charge in [-0.1, -0.05) is 32.1 Å². The molecule has 1 aliphatic rings. The molecule has 0 saturated heterocycles. The number of carbonyl (C=O) groups excluding carboxylic acids is 1. The third kappa shape index (κ3) is 4.15. The maximum Gasteiger partial charge on any atom is 0.224 e. The van der Waals surface area contributed by atoms with Gasteiger partial charge in [0.25, 0.3) is 0 Å². The van der Waals surface area contributed by atoms with Gasteiger partial charge < -0.3 is 15.8 Å². The molecule has 110 valence electrons. The van der Waals surface area contributed by atoms with Gasteiger partial charge >= 0.3 is 0 Å². The summed E-state index contributed by atoms with van der Waals surface area (Å²) in [4.78, 5) is 12.0. The zero-order valence-corrected chi connectivity index (χ0v) is 12.2. The first-order valence-electron chi connectivity index (χ1n) is 7.42. The van der Waals surface area contributed by atoms with Gasteiger partial charge in [0.2, 0.25) is 5.91 Å². The van der Waals surface area contributed by atoms with Gasteiger partial charge in [-0.3, -0.25) is 4.79 Å². The number of nitrogens with two attached hydrogens (primary N) is 1. The average molecular weight is 276 g/mol. The van der Waals surface area contributed by atoms with Crippen molar-refractivity contribution in [3.8, 4) is 5.75 Å². The summed E-state index contributed by atoms with van der Waals surface area (Å²) in [5.41, 5.74) is 7.07. The fourth-order valence-electron chi connectivity index (χ4n) is 2.82. The highest BCUT2D eigenvalue weighted by atomic mass is 16.5. The first-order chi connectivity index (χ1) is 9.69. The Labute approximate surface area is 120 Å². The van der Waals surface area contributed by atoms with Crippen molar-refractivity contribution < 1.29 is 9.53 Å². The molecule has 4 nitrogen and oxygen atoms in total. The van der Waals surface area contributed by atoms with Crippen LogP contribution in [0.4, 0.5) is 11.4 Å². The number of carbonyl (C=O) groups is 1. The van der Waals surface area contributed by atoms with Gasteiger partial charge in [-0.15, -0.1) is 0 Å². The number of anilines is 2. The lowest BCUT2D eigenvalue weighted by Gasteiger charge is -2.21. The molecule has 1 fully saturated rings. The van der Waals surface area contributed by atoms with Gasteiger partial charge in [0.1, 0.15) is 5.75 Å². The number of hydrogen-bond donors (Lipinski definition) is 2. The lowest BCUT2D eigenvalue weighted by atomic mass is 9.86. The van der Waals surface area contributed by atoms with E-state index >= 15 is 0 Å². The molecular formula is C16H24N2O2. The van der Waals surface area contributed by atoms with E-state index in [1.807, 2.05) is 0 Å². The van der Waals surface area contributed by atoms with E-state index in [4.69, 9.17) is 10.5 Å². The zero-order valence-electron chi connectivity index (χ0n) is 12.2. The van der Waals surface area contributed by atoms with Gasteiger partial charge in [-0.2, -0.15) is 0 Å². The predicted molar refractivity (Wildman–Crippen MR) is 81.8 cm³/mol. The van der Waals surface area contributed by atoms with Gasteiger partial charge in [-0.25, -0.2) is 0 Å². The monoisotopic (exact) mass is 276 g/mol. The Bertz CT molecular complexity index is 454. The summed E-state index contributed by atoms with van der Waals surface area (Å²) < 4.78 is 5.15. The minimum absolute atomic E-state index is 0.0717. The molecule has 4 heteroatoms. The van der Waals surface area contributed by atoms with Crippen molar-refractivity contribution >= 4 is 17.3 Å². The first-order valence-corrected chi connectivity index (χ1v) is 7.42. The van der Waals surface area contributed by atoms with Crippen LogP contribution in [0.2, 0.25) is 0 Å². The Morgan fingerprint density at radius 1 is 1.35 bits per heavy atom. The Morgan fingerprint density at radius 3 is 2.80 bits per heavy atom. The van der Waals surface area contributed by atoms with Crippen molar-refractivity contribution in [2.24, 2.45) is 5.92 Å². The summed E-state index contributed by atoms with van der Waals surface area (Å²) in [6.07, 6.45) is 8.15. The molecule has 20 heavy (non-hydrogen) atoms. The number of nitrogens with one attached hydrogen (secondary N) is 1. The average Bonchev–Trinajstić information content (AvgIpc) is 2.48. The van der Waals surface area contributed by atoms with Crippen molar-refractivity contribution in [3.63, 3.8) is 0 Å². The summed E-state index contributed by atoms with van der Waals surface area (Å²) in [7, 11) is 1.57. The van der Waals surface area contributed by atoms with E-state index in [-0.39, 0.29) is 5.91 Å². The van der Waals surface area contributed by atoms with Crippen molar-refractivity contribution in [1.29, 1.82) is 0 Å². The maximum absolute atomic E-state index is 12.0. The van der Waals surface area contributed by atoms with E-state index in [1.54, 1.807) is 25.3 Å². The second-order valence-electron chi connectivity index (χ2n) is 5.55. The second kappa shape index (κ2) is 7.17. The highest BCUT2D eigenvalue weighted by molar-refractivity contribution is 5.91. The van der Waals surface area contributed by atoms with Crippen LogP contribution in [0.1, 0.15) is 44.9 Å². The van der Waals surface area contributed by atoms with Crippen LogP contribution in [0.3, 0.4) is 0 Å². The molecule has 1 aromatic rings. The summed E-state index contributed by atoms with van der Waals surface area (Å²) in [6.45, 7) is 0. The molecule has 3 N–H and O–H groups in total. The second-order valence-corrected chi connectivity index (χ2v) is 5.55. The van der Waals surface area contributed by atoms with Crippen molar-refractivity contribution in [2.45, 2.75) is 44.9 Å². The van der Waals surface area contributed by atoms with Crippen LogP contribution in [0.15, 0.2) is 18.2 Å². The van der Waals surface area contributed by atoms with Gasteiger partial charge in [0.15, 0.2) is 0 Å². The third-order valence-electron chi connectivity index (χ3n) is 4.02. The van der Waals surface area contributed by atoms with Crippen LogP contribution < -0.4 is 15.8 Å². The highest BCUT2D eigenvalue weighted by Gasteiger charge is 2.15. The van der Waals surface area contributed by atoms with Crippen molar-refractivity contribution in [2.75, 3.05) is 18.2 Å². The Balaban J connectivity index is 1.81. The number of nitrogen functional groups attached to an aromatic ring is 1. The summed E-state index contributed by atoms with van der Waals surface area (Å²) in [5.74, 6) is 1.40. The van der Waals surface area contributed by atoms with Crippen LogP contribution in [-0.2, 0) is 4.79 Å². The molecule has 0 radical (unpaired) electrons. The van der Waals surface area contributed by atoms with Crippen LogP contribution in [0.5, 0.6) is 5.75 Å². The fraction of sp³-hybridized carbons (Fsp3) is 0.562. The Kier molecular flexibility index (Phi) is 5.27. The SMILES string of the molecule is COc1cc(NC(=O)CCC2CCCCC2)ccc1N. The molecule has 0 spiro atoms. The molecule has 0 atom stereocenters. The molecule has 1 aromatic carbocycles. The minimum atomic E-state index is 0.0717. The number of rotatable bonds is 5. The molecule has 1 aliphatic carbocycles. The smallest absolute Gasteiger partial charge is 0.224 e. The quantitative estimate of drug-likeness (QED) is 0.808. The van der Waals surface area contributed by atoms with Gasteiger partial charge in [-0.05, 0) is 24.5 Å². The lowest BCUT2D eigenvalue weighted by Crippen LogP contribution is -2.15. The fourth-order valence-corrected chi connectivity index (χ4v) is 2.82. The van der Waals surface area contributed by atoms with E-state index in [0.717, 1.165) is 18.0 Å². The number of methoxy groups -OCH3 is 1. The van der Waals surface area contributed by atoms with Gasteiger partial charge in [0.05, 0.1) is 12.8 Å². The van der Waals surface area contributed by atoms with Crippen molar-refractivity contribution in [3.05, 3.63) is 18.2 Å². The zero-order chi connectivity index (χ0) is 14.4. The summed E-state index contributed by atoms with van der Waals surface area (Å²) >= 11 is 0. The standard InChI is InChI=1S/C16H24N2O2/c1-20-15-11-13(8-9-14(15)17)18-16(19)10-7-12-5-3-2-4-6-12/h8-9,11-12H,2-7,10,17H2,1H3,(H,18,19). The molecule has 0 bridgehead atoms. The van der Waals surface area contributed by atoms with Gasteiger partial charge in [0, 0.05) is 18.2 Å². The first kappa shape index (κ1) is 14.7. The van der Waals surface area contributed by atoms with E-state index in [0.29, 0.717) is 17.9 Å². The normalized spacial score (nSPS) is 15.8. The van der Waals surface area contributed by atoms with Crippen LogP contribution >= 0.6 is 0 Å². The molecule has 0 aromatic heterocycles. The van der Waals surface area contributed by atoms with E-state index in [9.17, 15) is 4.79 Å². The topological polar surface area (TPSA) is 64.3 Å². The predicted octanol–water partition coefficient (Wildman–Crippen LogP) is 3.58. The van der Waals surface area contributed by atoms with E-state index in [1.165, 1.54) is 32.1 Å². The number of ether oxygens (including phenoxy) is 1. The molecule has 2 rings (SSSR count). The van der Waals surface area contributed by atoms with Crippen LogP contribution in [-0.4, -0.2) is 13.0 Å². The number of amides is 1. The summed E-state index contributed by atoms with van der Waals surface area (Å²) in [6, 6.07) is 5.31. The molecular weight excluding hydrogens is 252 g/mol. The van der Waals surface area contributed by atoms with E-state index < -0.39 is 0 Å². The van der Waals surface area contributed by atoms with Crippen LogP contribution in [0, 0.1) is 5.92 Å². The Hall–Kier alpha value is -1.71. The number of hydrogen-bond acceptors (Lipinski definition) is 3. The summed E-state index contributed by atoms with van der Waals surface area (Å²) in [5, 5.41) is 2.91. The third-order valence-corrected chi connectivity index (χ3v) is 4.02. The molecule has 1 saturated carbocycles. The van der Waals surface area contributed by atoms with E-state index in [2.05, 4.69) is 5.32 Å². The Morgan fingerprint density at radius 2 is 2.10 bits per heavy atom.